The van der Waals surface area contributed by atoms with Crippen LogP contribution < -0.4 is 10.5 Å². The molecule has 0 radical (unpaired) electrons. The third kappa shape index (κ3) is 2.22. The summed E-state index contributed by atoms with van der Waals surface area (Å²) in [6.45, 7) is 4.58. The molecule has 0 amide bonds. The lowest BCUT2D eigenvalue weighted by Gasteiger charge is -2.12. The molecule has 0 atom stereocenters. The van der Waals surface area contributed by atoms with Gasteiger partial charge in [0.15, 0.2) is 0 Å². The Bertz CT molecular complexity index is 533. The molecule has 0 spiro atoms. The average molecular weight is 232 g/mol. The maximum atomic E-state index is 5.62. The number of pyridine rings is 1. The van der Waals surface area contributed by atoms with Crippen LogP contribution in [0.4, 0.5) is 5.69 Å². The van der Waals surface area contributed by atoms with Crippen molar-refractivity contribution in [1.82, 2.24) is 14.8 Å². The van der Waals surface area contributed by atoms with E-state index in [2.05, 4.69) is 10.1 Å². The summed E-state index contributed by atoms with van der Waals surface area (Å²) in [6, 6.07) is 0. The van der Waals surface area contributed by atoms with Gasteiger partial charge in [0.25, 0.3) is 0 Å². The van der Waals surface area contributed by atoms with Gasteiger partial charge >= 0.3 is 0 Å². The normalized spacial score (nSPS) is 10.5. The zero-order chi connectivity index (χ0) is 12.4. The predicted octanol–water partition coefficient (Wildman–Crippen LogP) is 1.53. The zero-order valence-electron chi connectivity index (χ0n) is 10.3. The van der Waals surface area contributed by atoms with Crippen molar-refractivity contribution in [2.24, 2.45) is 0 Å². The van der Waals surface area contributed by atoms with Crippen LogP contribution in [0.15, 0.2) is 18.6 Å². The van der Waals surface area contributed by atoms with Gasteiger partial charge in [0, 0.05) is 23.5 Å². The number of ether oxygens (including phenoxy) is 1. The zero-order valence-corrected chi connectivity index (χ0v) is 10.3. The van der Waals surface area contributed by atoms with Gasteiger partial charge in [-0.1, -0.05) is 0 Å². The van der Waals surface area contributed by atoms with Crippen molar-refractivity contribution >= 4 is 5.69 Å². The van der Waals surface area contributed by atoms with Crippen molar-refractivity contribution < 1.29 is 4.74 Å². The molecule has 2 rings (SSSR count). The Morgan fingerprint density at radius 2 is 2.12 bits per heavy atom. The number of hydrogen-bond acceptors (Lipinski definition) is 4. The highest BCUT2D eigenvalue weighted by atomic mass is 16.5. The number of nitrogens with two attached hydrogens (primary N) is 1. The number of hydrogen-bond donors (Lipinski definition) is 1. The molecule has 2 heterocycles. The maximum Gasteiger partial charge on any atom is 0.128 e. The number of methoxy groups -OCH3 is 1. The fraction of sp³-hybridized carbons (Fsp3) is 0.333. The lowest BCUT2D eigenvalue weighted by Crippen LogP contribution is -2.06. The van der Waals surface area contributed by atoms with Crippen LogP contribution in [0.3, 0.4) is 0 Å². The van der Waals surface area contributed by atoms with Gasteiger partial charge in [-0.25, -0.2) is 0 Å². The Morgan fingerprint density at radius 1 is 1.35 bits per heavy atom. The highest BCUT2D eigenvalue weighted by Crippen LogP contribution is 2.24. The average Bonchev–Trinajstić information content (AvgIpc) is 2.69. The van der Waals surface area contributed by atoms with Gasteiger partial charge < -0.3 is 10.5 Å². The van der Waals surface area contributed by atoms with E-state index in [1.54, 1.807) is 24.2 Å². The largest absolute Gasteiger partial charge is 0.496 e. The Morgan fingerprint density at radius 3 is 2.71 bits per heavy atom. The minimum Gasteiger partial charge on any atom is -0.496 e. The van der Waals surface area contributed by atoms with E-state index in [0.29, 0.717) is 12.2 Å². The molecule has 0 aliphatic rings. The molecule has 0 saturated heterocycles. The van der Waals surface area contributed by atoms with E-state index >= 15 is 0 Å². The molecule has 0 fully saturated rings. The minimum absolute atomic E-state index is 0.597. The van der Waals surface area contributed by atoms with E-state index < -0.39 is 0 Å². The van der Waals surface area contributed by atoms with Gasteiger partial charge in [-0.2, -0.15) is 5.10 Å². The summed E-state index contributed by atoms with van der Waals surface area (Å²) in [5, 5.41) is 4.14. The molecule has 0 bridgehead atoms. The van der Waals surface area contributed by atoms with Crippen molar-refractivity contribution in [1.29, 1.82) is 0 Å². The van der Waals surface area contributed by atoms with Gasteiger partial charge in [-0.15, -0.1) is 0 Å². The van der Waals surface area contributed by atoms with Gasteiger partial charge in [0.2, 0.25) is 0 Å². The number of aromatic nitrogens is 3. The fourth-order valence-corrected chi connectivity index (χ4v) is 1.85. The SMILES string of the molecule is COc1c(C)cnc(Cn2cc(N)cn2)c1C. The molecule has 17 heavy (non-hydrogen) atoms. The molecule has 90 valence electrons. The number of anilines is 1. The van der Waals surface area contributed by atoms with E-state index in [9.17, 15) is 0 Å². The molecule has 0 aromatic carbocycles. The fourth-order valence-electron chi connectivity index (χ4n) is 1.85. The summed E-state index contributed by atoms with van der Waals surface area (Å²) in [4.78, 5) is 4.41. The second kappa shape index (κ2) is 4.45. The summed E-state index contributed by atoms with van der Waals surface area (Å²) in [5.74, 6) is 0.884. The van der Waals surface area contributed by atoms with Crippen molar-refractivity contribution in [3.05, 3.63) is 35.4 Å². The molecule has 5 nitrogen and oxygen atoms in total. The molecule has 0 aliphatic carbocycles. The number of aryl methyl sites for hydroxylation is 1. The molecule has 0 unspecified atom stereocenters. The minimum atomic E-state index is 0.597. The Labute approximate surface area is 100 Å². The van der Waals surface area contributed by atoms with Gasteiger partial charge in [-0.3, -0.25) is 9.67 Å². The molecule has 2 aromatic rings. The molecule has 5 heteroatoms. The van der Waals surface area contributed by atoms with E-state index in [1.807, 2.05) is 20.0 Å². The number of nitrogen functional groups attached to an aromatic ring is 1. The first kappa shape index (κ1) is 11.4. The van der Waals surface area contributed by atoms with E-state index in [1.165, 1.54) is 0 Å². The second-order valence-electron chi connectivity index (χ2n) is 4.02. The first-order valence-electron chi connectivity index (χ1n) is 5.39. The van der Waals surface area contributed by atoms with Crippen LogP contribution >= 0.6 is 0 Å². The monoisotopic (exact) mass is 232 g/mol. The van der Waals surface area contributed by atoms with E-state index in [0.717, 1.165) is 22.6 Å². The molecule has 2 N–H and O–H groups in total. The standard InChI is InChI=1S/C12H16N4O/c1-8-4-14-11(9(2)12(8)17-3)7-16-6-10(13)5-15-16/h4-6H,7,13H2,1-3H3. The first-order chi connectivity index (χ1) is 8.11. The lowest BCUT2D eigenvalue weighted by atomic mass is 10.1. The Hall–Kier alpha value is -2.04. The summed E-state index contributed by atoms with van der Waals surface area (Å²) < 4.78 is 7.13. The second-order valence-corrected chi connectivity index (χ2v) is 4.02. The van der Waals surface area contributed by atoms with Crippen molar-refractivity contribution in [2.45, 2.75) is 20.4 Å². The van der Waals surface area contributed by atoms with E-state index in [-0.39, 0.29) is 0 Å². The third-order valence-corrected chi connectivity index (χ3v) is 2.71. The van der Waals surface area contributed by atoms with Crippen LogP contribution in [-0.4, -0.2) is 21.9 Å². The predicted molar refractivity (Wildman–Crippen MR) is 66.0 cm³/mol. The Kier molecular flexibility index (Phi) is 2.99. The van der Waals surface area contributed by atoms with Gasteiger partial charge in [0.1, 0.15) is 5.75 Å². The Balaban J connectivity index is 2.33. The molecule has 2 aromatic heterocycles. The molecular weight excluding hydrogens is 216 g/mol. The van der Waals surface area contributed by atoms with Crippen molar-refractivity contribution in [3.8, 4) is 5.75 Å². The topological polar surface area (TPSA) is 66.0 Å². The highest BCUT2D eigenvalue weighted by molar-refractivity contribution is 5.41. The van der Waals surface area contributed by atoms with Gasteiger partial charge in [0.05, 0.1) is 31.2 Å². The molecule has 0 saturated carbocycles. The number of nitrogens with zero attached hydrogens (tertiary/aromatic N) is 3. The maximum absolute atomic E-state index is 5.62. The summed E-state index contributed by atoms with van der Waals surface area (Å²) >= 11 is 0. The third-order valence-electron chi connectivity index (χ3n) is 2.71. The van der Waals surface area contributed by atoms with Crippen LogP contribution in [0.25, 0.3) is 0 Å². The summed E-state index contributed by atoms with van der Waals surface area (Å²) in [5.41, 5.74) is 9.30. The summed E-state index contributed by atoms with van der Waals surface area (Å²) in [7, 11) is 1.67. The van der Waals surface area contributed by atoms with Gasteiger partial charge in [-0.05, 0) is 13.8 Å². The van der Waals surface area contributed by atoms with E-state index in [4.69, 9.17) is 10.5 Å². The van der Waals surface area contributed by atoms with Crippen LogP contribution in [-0.2, 0) is 6.54 Å². The van der Waals surface area contributed by atoms with Crippen LogP contribution in [0.5, 0.6) is 5.75 Å². The van der Waals surface area contributed by atoms with Crippen LogP contribution in [0.2, 0.25) is 0 Å². The highest BCUT2D eigenvalue weighted by Gasteiger charge is 2.10. The van der Waals surface area contributed by atoms with Crippen molar-refractivity contribution in [3.63, 3.8) is 0 Å². The molecular formula is C12H16N4O. The molecule has 0 aliphatic heterocycles. The quantitative estimate of drug-likeness (QED) is 0.871. The first-order valence-corrected chi connectivity index (χ1v) is 5.39. The van der Waals surface area contributed by atoms with Crippen LogP contribution in [0, 0.1) is 13.8 Å². The summed E-state index contributed by atoms with van der Waals surface area (Å²) in [6.07, 6.45) is 5.22. The lowest BCUT2D eigenvalue weighted by molar-refractivity contribution is 0.406. The van der Waals surface area contributed by atoms with Crippen molar-refractivity contribution in [2.75, 3.05) is 12.8 Å². The number of rotatable bonds is 3. The van der Waals surface area contributed by atoms with Crippen LogP contribution in [0.1, 0.15) is 16.8 Å². The smallest absolute Gasteiger partial charge is 0.128 e.